The van der Waals surface area contributed by atoms with Crippen LogP contribution < -0.4 is 0 Å². The summed E-state index contributed by atoms with van der Waals surface area (Å²) >= 11 is 0. The maximum atomic E-state index is 4.55. The second-order valence-corrected chi connectivity index (χ2v) is 6.53. The van der Waals surface area contributed by atoms with Crippen LogP contribution in [-0.2, 0) is 0 Å². The Morgan fingerprint density at radius 1 is 0.889 bits per heavy atom. The number of allylic oxidation sites excluding steroid dienone is 3. The molecule has 0 spiro atoms. The molecule has 1 aromatic heterocycles. The van der Waals surface area contributed by atoms with Crippen LogP contribution in [0.15, 0.2) is 91.0 Å². The Morgan fingerprint density at radius 2 is 1.59 bits per heavy atom. The van der Waals surface area contributed by atoms with Crippen LogP contribution in [0.3, 0.4) is 0 Å². The van der Waals surface area contributed by atoms with Crippen molar-refractivity contribution < 1.29 is 0 Å². The fourth-order valence-electron chi connectivity index (χ4n) is 3.43. The molecule has 0 bridgehead atoms. The average molecular weight is 351 g/mol. The summed E-state index contributed by atoms with van der Waals surface area (Å²) in [5.74, 6) is 1.63. The monoisotopic (exact) mass is 351 g/mol. The second kappa shape index (κ2) is 7.04. The fourth-order valence-corrected chi connectivity index (χ4v) is 3.43. The molecule has 27 heavy (non-hydrogen) atoms. The van der Waals surface area contributed by atoms with E-state index in [0.29, 0.717) is 0 Å². The standard InChI is InChI=1S/C24H21N3/c1-4-20(17(2)3)24-26-25-23(19-12-6-5-7-13-19)27(24)22-16-10-14-18-11-8-9-15-21(18)22/h4-16H,2H2,1,3H3/b20-4+. The summed E-state index contributed by atoms with van der Waals surface area (Å²) in [5, 5.41) is 11.5. The SMILES string of the molecule is C=C(C)/C(=C\C)c1nnc(-c2ccccc2)n1-c1cccc2ccccc12. The second-order valence-electron chi connectivity index (χ2n) is 6.53. The average Bonchev–Trinajstić information content (AvgIpc) is 3.13. The fraction of sp³-hybridized carbons (Fsp3) is 0.0833. The van der Waals surface area contributed by atoms with Gasteiger partial charge >= 0.3 is 0 Å². The zero-order valence-corrected chi connectivity index (χ0v) is 15.6. The smallest absolute Gasteiger partial charge is 0.168 e. The Hall–Kier alpha value is -3.46. The summed E-state index contributed by atoms with van der Waals surface area (Å²) in [6, 6.07) is 24.9. The number of hydrogen-bond donors (Lipinski definition) is 0. The predicted octanol–water partition coefficient (Wildman–Crippen LogP) is 6.07. The molecular weight excluding hydrogens is 330 g/mol. The van der Waals surface area contributed by atoms with E-state index < -0.39 is 0 Å². The lowest BCUT2D eigenvalue weighted by Crippen LogP contribution is -2.04. The molecule has 3 heteroatoms. The van der Waals surface area contributed by atoms with Gasteiger partial charge in [-0.1, -0.05) is 79.4 Å². The van der Waals surface area contributed by atoms with Crippen LogP contribution in [0.1, 0.15) is 19.7 Å². The van der Waals surface area contributed by atoms with Gasteiger partial charge in [-0.05, 0) is 30.9 Å². The van der Waals surface area contributed by atoms with Gasteiger partial charge in [0, 0.05) is 16.5 Å². The molecule has 3 aromatic carbocycles. The first-order valence-corrected chi connectivity index (χ1v) is 9.02. The highest BCUT2D eigenvalue weighted by molar-refractivity contribution is 5.91. The van der Waals surface area contributed by atoms with Crippen LogP contribution in [-0.4, -0.2) is 14.8 Å². The zero-order chi connectivity index (χ0) is 18.8. The third-order valence-corrected chi connectivity index (χ3v) is 4.69. The van der Waals surface area contributed by atoms with Crippen LogP contribution >= 0.6 is 0 Å². The van der Waals surface area contributed by atoms with Crippen molar-refractivity contribution in [1.29, 1.82) is 0 Å². The zero-order valence-electron chi connectivity index (χ0n) is 15.6. The van der Waals surface area contributed by atoms with Gasteiger partial charge in [-0.15, -0.1) is 10.2 Å². The van der Waals surface area contributed by atoms with E-state index in [2.05, 4.69) is 75.9 Å². The lowest BCUT2D eigenvalue weighted by molar-refractivity contribution is 1.03. The molecule has 0 unspecified atom stereocenters. The summed E-state index contributed by atoms with van der Waals surface area (Å²) in [6.07, 6.45) is 2.04. The van der Waals surface area contributed by atoms with E-state index in [0.717, 1.165) is 39.4 Å². The summed E-state index contributed by atoms with van der Waals surface area (Å²) in [6.45, 7) is 8.14. The summed E-state index contributed by atoms with van der Waals surface area (Å²) < 4.78 is 2.14. The number of rotatable bonds is 4. The number of benzene rings is 3. The highest BCUT2D eigenvalue weighted by Gasteiger charge is 2.19. The molecule has 0 amide bonds. The van der Waals surface area contributed by atoms with Gasteiger partial charge in [0.2, 0.25) is 0 Å². The Bertz CT molecular complexity index is 1150. The highest BCUT2D eigenvalue weighted by atomic mass is 15.3. The molecule has 4 rings (SSSR count). The minimum Gasteiger partial charge on any atom is -0.274 e. The van der Waals surface area contributed by atoms with Crippen molar-refractivity contribution in [3.05, 3.63) is 96.8 Å². The molecule has 4 aromatic rings. The molecule has 1 heterocycles. The van der Waals surface area contributed by atoms with E-state index in [4.69, 9.17) is 0 Å². The molecule has 132 valence electrons. The quantitative estimate of drug-likeness (QED) is 0.418. The van der Waals surface area contributed by atoms with Crippen LogP contribution in [0.25, 0.3) is 33.4 Å². The van der Waals surface area contributed by atoms with Crippen LogP contribution in [0.4, 0.5) is 0 Å². The van der Waals surface area contributed by atoms with E-state index in [1.165, 1.54) is 5.39 Å². The maximum Gasteiger partial charge on any atom is 0.168 e. The Labute approximate surface area is 159 Å². The van der Waals surface area contributed by atoms with Gasteiger partial charge in [0.05, 0.1) is 5.69 Å². The largest absolute Gasteiger partial charge is 0.274 e. The third-order valence-electron chi connectivity index (χ3n) is 4.69. The van der Waals surface area contributed by atoms with Crippen molar-refractivity contribution in [2.45, 2.75) is 13.8 Å². The molecule has 0 saturated heterocycles. The van der Waals surface area contributed by atoms with E-state index in [1.807, 2.05) is 38.1 Å². The van der Waals surface area contributed by atoms with E-state index in [-0.39, 0.29) is 0 Å². The molecule has 0 radical (unpaired) electrons. The number of hydrogen-bond acceptors (Lipinski definition) is 2. The molecule has 0 saturated carbocycles. The van der Waals surface area contributed by atoms with Crippen LogP contribution in [0, 0.1) is 0 Å². The van der Waals surface area contributed by atoms with Crippen molar-refractivity contribution in [3.8, 4) is 17.1 Å². The van der Waals surface area contributed by atoms with Gasteiger partial charge in [0.25, 0.3) is 0 Å². The van der Waals surface area contributed by atoms with Gasteiger partial charge < -0.3 is 0 Å². The van der Waals surface area contributed by atoms with Gasteiger partial charge in [0.15, 0.2) is 11.6 Å². The van der Waals surface area contributed by atoms with E-state index >= 15 is 0 Å². The summed E-state index contributed by atoms with van der Waals surface area (Å²) in [5.41, 5.74) is 4.05. The van der Waals surface area contributed by atoms with E-state index in [9.17, 15) is 0 Å². The normalized spacial score (nSPS) is 11.7. The molecule has 0 aliphatic rings. The molecule has 0 aliphatic heterocycles. The Kier molecular flexibility index (Phi) is 4.43. The molecule has 0 aliphatic carbocycles. The van der Waals surface area contributed by atoms with Gasteiger partial charge in [-0.25, -0.2) is 0 Å². The minimum absolute atomic E-state index is 0.806. The lowest BCUT2D eigenvalue weighted by atomic mass is 10.1. The molecule has 0 atom stereocenters. The van der Waals surface area contributed by atoms with Crippen LogP contribution in [0.2, 0.25) is 0 Å². The van der Waals surface area contributed by atoms with Gasteiger partial charge in [-0.3, -0.25) is 4.57 Å². The first kappa shape index (κ1) is 17.0. The number of nitrogens with zero attached hydrogens (tertiary/aromatic N) is 3. The Balaban J connectivity index is 2.08. The van der Waals surface area contributed by atoms with Crippen molar-refractivity contribution in [1.82, 2.24) is 14.8 Å². The Morgan fingerprint density at radius 3 is 2.33 bits per heavy atom. The van der Waals surface area contributed by atoms with Crippen molar-refractivity contribution in [3.63, 3.8) is 0 Å². The first-order chi connectivity index (χ1) is 13.2. The molecular formula is C24H21N3. The molecule has 3 nitrogen and oxygen atoms in total. The predicted molar refractivity (Wildman–Crippen MR) is 113 cm³/mol. The summed E-state index contributed by atoms with van der Waals surface area (Å²) in [4.78, 5) is 0. The topological polar surface area (TPSA) is 30.7 Å². The summed E-state index contributed by atoms with van der Waals surface area (Å²) in [7, 11) is 0. The molecule has 0 N–H and O–H groups in total. The van der Waals surface area contributed by atoms with Crippen molar-refractivity contribution >= 4 is 16.3 Å². The number of aromatic nitrogens is 3. The third kappa shape index (κ3) is 2.97. The van der Waals surface area contributed by atoms with Gasteiger partial charge in [-0.2, -0.15) is 0 Å². The van der Waals surface area contributed by atoms with Crippen molar-refractivity contribution in [2.75, 3.05) is 0 Å². The molecule has 0 fully saturated rings. The number of fused-ring (bicyclic) bond motifs is 1. The maximum absolute atomic E-state index is 4.55. The van der Waals surface area contributed by atoms with Crippen LogP contribution in [0.5, 0.6) is 0 Å². The first-order valence-electron chi connectivity index (χ1n) is 9.02. The minimum atomic E-state index is 0.806. The van der Waals surface area contributed by atoms with Gasteiger partial charge in [0.1, 0.15) is 0 Å². The lowest BCUT2D eigenvalue weighted by Gasteiger charge is -2.15. The highest BCUT2D eigenvalue weighted by Crippen LogP contribution is 2.32. The van der Waals surface area contributed by atoms with Crippen molar-refractivity contribution in [2.24, 2.45) is 0 Å². The van der Waals surface area contributed by atoms with E-state index in [1.54, 1.807) is 0 Å².